The second-order valence-corrected chi connectivity index (χ2v) is 9.76. The number of benzene rings is 2. The number of aryl methyl sites for hydroxylation is 1. The summed E-state index contributed by atoms with van der Waals surface area (Å²) in [6.07, 6.45) is -4.77. The van der Waals surface area contributed by atoms with Gasteiger partial charge in [-0.15, -0.1) is 34.7 Å². The molecule has 3 heterocycles. The van der Waals surface area contributed by atoms with Crippen molar-refractivity contribution in [3.8, 4) is 5.75 Å². The third-order valence-electron chi connectivity index (χ3n) is 4.91. The first-order valence-electron chi connectivity index (χ1n) is 10.2. The quantitative estimate of drug-likeness (QED) is 0.357. The van der Waals surface area contributed by atoms with E-state index >= 15 is 0 Å². The molecule has 0 amide bonds. The van der Waals surface area contributed by atoms with Crippen LogP contribution in [0.15, 0.2) is 75.6 Å². The molecular formula is C23H17F3N4O2S2. The molecule has 0 spiro atoms. The Morgan fingerprint density at radius 3 is 2.74 bits per heavy atom. The molecule has 0 fully saturated rings. The van der Waals surface area contributed by atoms with Crippen molar-refractivity contribution >= 4 is 39.8 Å². The van der Waals surface area contributed by atoms with Crippen molar-refractivity contribution in [2.45, 2.75) is 29.2 Å². The fraction of sp³-hybridized carbons (Fsp3) is 0.174. The summed E-state index contributed by atoms with van der Waals surface area (Å²) in [5, 5.41) is 9.92. The molecule has 4 aromatic rings. The van der Waals surface area contributed by atoms with Crippen molar-refractivity contribution in [1.29, 1.82) is 0 Å². The van der Waals surface area contributed by atoms with Crippen molar-refractivity contribution in [2.75, 3.05) is 6.61 Å². The standard InChI is InChI=1S/C23H17F3N4O2S2/c1-13-9-10-19(33-13)18-12-31-30-21(27-18)20-16-7-2-3-8-17(16)28-29-22(20)34-15-6-4-5-14(11-15)32-23(24,25)26/h2-11,18H,12H2,1H3,(H,27,30)/t18-/m1/s1. The maximum atomic E-state index is 12.7. The van der Waals surface area contributed by atoms with Crippen molar-refractivity contribution in [3.05, 3.63) is 76.0 Å². The first kappa shape index (κ1) is 22.6. The van der Waals surface area contributed by atoms with Crippen LogP contribution in [0.5, 0.6) is 5.75 Å². The van der Waals surface area contributed by atoms with E-state index in [-0.39, 0.29) is 11.8 Å². The summed E-state index contributed by atoms with van der Waals surface area (Å²) in [7, 11) is 0. The molecule has 34 heavy (non-hydrogen) atoms. The van der Waals surface area contributed by atoms with E-state index in [1.54, 1.807) is 17.4 Å². The number of amidine groups is 1. The van der Waals surface area contributed by atoms with E-state index in [1.807, 2.05) is 43.3 Å². The van der Waals surface area contributed by atoms with Gasteiger partial charge in [0.2, 0.25) is 0 Å². The lowest BCUT2D eigenvalue weighted by atomic mass is 10.1. The number of thiophene rings is 1. The van der Waals surface area contributed by atoms with Gasteiger partial charge < -0.3 is 4.74 Å². The van der Waals surface area contributed by atoms with Crippen molar-refractivity contribution in [3.63, 3.8) is 0 Å². The molecule has 0 saturated carbocycles. The number of fused-ring (bicyclic) bond motifs is 1. The van der Waals surface area contributed by atoms with Crippen LogP contribution in [0.2, 0.25) is 0 Å². The van der Waals surface area contributed by atoms with Gasteiger partial charge in [0.1, 0.15) is 23.4 Å². The summed E-state index contributed by atoms with van der Waals surface area (Å²) in [5.74, 6) is 0.177. The van der Waals surface area contributed by atoms with E-state index in [9.17, 15) is 13.2 Å². The molecule has 0 radical (unpaired) electrons. The van der Waals surface area contributed by atoms with Crippen LogP contribution >= 0.6 is 23.1 Å². The minimum Gasteiger partial charge on any atom is -0.406 e. The lowest BCUT2D eigenvalue weighted by Crippen LogP contribution is -2.33. The fourth-order valence-electron chi connectivity index (χ4n) is 3.49. The van der Waals surface area contributed by atoms with Crippen LogP contribution in [-0.2, 0) is 4.84 Å². The first-order chi connectivity index (χ1) is 16.4. The first-order valence-corrected chi connectivity index (χ1v) is 11.8. The highest BCUT2D eigenvalue weighted by atomic mass is 32.2. The summed E-state index contributed by atoms with van der Waals surface area (Å²) in [4.78, 5) is 13.3. The molecule has 2 aromatic carbocycles. The van der Waals surface area contributed by atoms with Crippen LogP contribution in [0.25, 0.3) is 10.9 Å². The maximum absolute atomic E-state index is 12.7. The van der Waals surface area contributed by atoms with Gasteiger partial charge >= 0.3 is 6.36 Å². The number of aromatic nitrogens is 2. The average molecular weight is 503 g/mol. The Morgan fingerprint density at radius 2 is 1.94 bits per heavy atom. The van der Waals surface area contributed by atoms with Crippen LogP contribution in [-0.4, -0.2) is 29.0 Å². The monoisotopic (exact) mass is 502 g/mol. The zero-order chi connectivity index (χ0) is 23.7. The fourth-order valence-corrected chi connectivity index (χ4v) is 5.32. The number of alkyl halides is 3. The van der Waals surface area contributed by atoms with Crippen molar-refractivity contribution in [1.82, 2.24) is 15.7 Å². The number of aliphatic imine (C=N–C) groups is 1. The molecule has 2 aromatic heterocycles. The van der Waals surface area contributed by atoms with E-state index in [1.165, 1.54) is 34.8 Å². The molecule has 5 rings (SSSR count). The lowest BCUT2D eigenvalue weighted by molar-refractivity contribution is -0.274. The molecular weight excluding hydrogens is 485 g/mol. The second-order valence-electron chi connectivity index (χ2n) is 7.38. The van der Waals surface area contributed by atoms with Gasteiger partial charge in [-0.25, -0.2) is 5.48 Å². The highest BCUT2D eigenvalue weighted by Gasteiger charge is 2.31. The molecule has 0 saturated heterocycles. The number of hydroxylamine groups is 1. The van der Waals surface area contributed by atoms with E-state index in [2.05, 4.69) is 20.4 Å². The number of hydrogen-bond acceptors (Lipinski definition) is 8. The van der Waals surface area contributed by atoms with Gasteiger partial charge in [-0.05, 0) is 43.3 Å². The Morgan fingerprint density at radius 1 is 1.09 bits per heavy atom. The van der Waals surface area contributed by atoms with Gasteiger partial charge in [0.25, 0.3) is 0 Å². The Hall–Kier alpha value is -3.15. The number of nitrogens with zero attached hydrogens (tertiary/aromatic N) is 3. The summed E-state index contributed by atoms with van der Waals surface area (Å²) in [6.45, 7) is 2.41. The summed E-state index contributed by atoms with van der Waals surface area (Å²) < 4.78 is 42.1. The molecule has 1 atom stereocenters. The lowest BCUT2D eigenvalue weighted by Gasteiger charge is -2.23. The highest BCUT2D eigenvalue weighted by Crippen LogP contribution is 2.36. The molecule has 6 nitrogen and oxygen atoms in total. The Bertz CT molecular complexity index is 1370. The average Bonchev–Trinajstić information content (AvgIpc) is 3.24. The predicted octanol–water partition coefficient (Wildman–Crippen LogP) is 6.07. The minimum absolute atomic E-state index is 0.191. The summed E-state index contributed by atoms with van der Waals surface area (Å²) in [5.41, 5.74) is 4.23. The van der Waals surface area contributed by atoms with Crippen LogP contribution in [0.4, 0.5) is 13.2 Å². The van der Waals surface area contributed by atoms with Crippen LogP contribution in [0.3, 0.4) is 0 Å². The molecule has 1 aliphatic rings. The van der Waals surface area contributed by atoms with Gasteiger partial charge in [-0.3, -0.25) is 9.83 Å². The van der Waals surface area contributed by atoms with Crippen LogP contribution < -0.4 is 10.2 Å². The van der Waals surface area contributed by atoms with E-state index in [0.717, 1.165) is 10.3 Å². The smallest absolute Gasteiger partial charge is 0.406 e. The topological polar surface area (TPSA) is 68.6 Å². The van der Waals surface area contributed by atoms with E-state index < -0.39 is 6.36 Å². The van der Waals surface area contributed by atoms with E-state index in [0.29, 0.717) is 33.4 Å². The predicted molar refractivity (Wildman–Crippen MR) is 124 cm³/mol. The van der Waals surface area contributed by atoms with Gasteiger partial charge in [0.15, 0.2) is 5.84 Å². The van der Waals surface area contributed by atoms with Crippen molar-refractivity contribution in [2.24, 2.45) is 4.99 Å². The number of rotatable bonds is 5. The van der Waals surface area contributed by atoms with Crippen molar-refractivity contribution < 1.29 is 22.7 Å². The number of hydrogen-bond donors (Lipinski definition) is 1. The SMILES string of the molecule is Cc1ccc([C@H]2CONC(c3c(Sc4cccc(OC(F)(F)F)c4)nnc4ccccc34)=N2)s1. The largest absolute Gasteiger partial charge is 0.573 e. The Labute approximate surface area is 200 Å². The van der Waals surface area contributed by atoms with Gasteiger partial charge in [0, 0.05) is 20.0 Å². The van der Waals surface area contributed by atoms with E-state index in [4.69, 9.17) is 9.83 Å². The third kappa shape index (κ3) is 5.01. The number of halogens is 3. The molecule has 11 heteroatoms. The van der Waals surface area contributed by atoms with Gasteiger partial charge in [0.05, 0.1) is 11.1 Å². The van der Waals surface area contributed by atoms with Crippen LogP contribution in [0, 0.1) is 6.92 Å². The van der Waals surface area contributed by atoms with Gasteiger partial charge in [-0.2, -0.15) is 0 Å². The van der Waals surface area contributed by atoms with Crippen LogP contribution in [0.1, 0.15) is 21.4 Å². The molecule has 0 unspecified atom stereocenters. The molecule has 174 valence electrons. The summed E-state index contributed by atoms with van der Waals surface area (Å²) >= 11 is 2.82. The Balaban J connectivity index is 1.57. The number of nitrogens with one attached hydrogen (secondary N) is 1. The minimum atomic E-state index is -4.77. The highest BCUT2D eigenvalue weighted by molar-refractivity contribution is 7.99. The molecule has 1 aliphatic heterocycles. The third-order valence-corrected chi connectivity index (χ3v) is 6.98. The number of ether oxygens (including phenoxy) is 1. The molecule has 0 bridgehead atoms. The zero-order valence-electron chi connectivity index (χ0n) is 17.7. The molecule has 0 aliphatic carbocycles. The zero-order valence-corrected chi connectivity index (χ0v) is 19.3. The van der Waals surface area contributed by atoms with Gasteiger partial charge in [-0.1, -0.05) is 36.0 Å². The maximum Gasteiger partial charge on any atom is 0.573 e. The summed E-state index contributed by atoms with van der Waals surface area (Å²) in [6, 6.07) is 17.1. The Kier molecular flexibility index (Phi) is 6.15. The normalized spacial score (nSPS) is 16.2. The molecule has 1 N–H and O–H groups in total. The second kappa shape index (κ2) is 9.24.